The summed E-state index contributed by atoms with van der Waals surface area (Å²) >= 11 is 6.04. The number of hydrazone groups is 1. The number of ether oxygens (including phenoxy) is 1. The summed E-state index contributed by atoms with van der Waals surface area (Å²) < 4.78 is 32.9. The maximum Gasteiger partial charge on any atom is 0.311 e. The number of nitro benzene ring substituents is 1. The minimum atomic E-state index is -4.11. The number of carbonyl (C=O) groups excluding carboxylic acids is 1. The van der Waals surface area contributed by atoms with Crippen LogP contribution in [0.2, 0.25) is 5.02 Å². The minimum absolute atomic E-state index is 0.0179. The number of methoxy groups -OCH3 is 1. The number of aryl methyl sites for hydroxylation is 2. The Morgan fingerprint density at radius 1 is 1.14 bits per heavy atom. The summed E-state index contributed by atoms with van der Waals surface area (Å²) in [7, 11) is -2.80. The molecular formula is C24H23ClN4O6S. The number of hydrogen-bond acceptors (Lipinski definition) is 7. The van der Waals surface area contributed by atoms with E-state index in [1.807, 2.05) is 6.92 Å². The lowest BCUT2D eigenvalue weighted by Crippen LogP contribution is -2.40. The summed E-state index contributed by atoms with van der Waals surface area (Å²) in [6.45, 7) is 2.95. The first-order valence-electron chi connectivity index (χ1n) is 10.5. The summed E-state index contributed by atoms with van der Waals surface area (Å²) in [4.78, 5) is 23.3. The first kappa shape index (κ1) is 26.6. The van der Waals surface area contributed by atoms with Gasteiger partial charge in [0, 0.05) is 16.7 Å². The van der Waals surface area contributed by atoms with Crippen LogP contribution >= 0.6 is 11.6 Å². The molecule has 0 unspecified atom stereocenters. The summed E-state index contributed by atoms with van der Waals surface area (Å²) in [6.07, 6.45) is 1.21. The third kappa shape index (κ3) is 6.18. The second-order valence-corrected chi connectivity index (χ2v) is 10.0. The number of rotatable bonds is 9. The normalized spacial score (nSPS) is 11.3. The van der Waals surface area contributed by atoms with Gasteiger partial charge < -0.3 is 4.74 Å². The first-order valence-corrected chi connectivity index (χ1v) is 12.3. The molecule has 0 saturated carbocycles. The van der Waals surface area contributed by atoms with Crippen molar-refractivity contribution in [2.75, 3.05) is 18.0 Å². The Balaban J connectivity index is 1.86. The zero-order valence-electron chi connectivity index (χ0n) is 19.6. The number of amides is 1. The molecule has 188 valence electrons. The van der Waals surface area contributed by atoms with Gasteiger partial charge in [-0.1, -0.05) is 29.3 Å². The zero-order valence-corrected chi connectivity index (χ0v) is 21.2. The predicted molar refractivity (Wildman–Crippen MR) is 137 cm³/mol. The molecule has 0 aliphatic carbocycles. The zero-order chi connectivity index (χ0) is 26.5. The van der Waals surface area contributed by atoms with Crippen molar-refractivity contribution >= 4 is 45.1 Å². The number of carbonyl (C=O) groups is 1. The van der Waals surface area contributed by atoms with Gasteiger partial charge in [0.2, 0.25) is 0 Å². The number of nitro groups is 1. The lowest BCUT2D eigenvalue weighted by molar-refractivity contribution is -0.385. The second-order valence-electron chi connectivity index (χ2n) is 7.74. The molecule has 1 N–H and O–H groups in total. The van der Waals surface area contributed by atoms with Crippen LogP contribution in [0.15, 0.2) is 70.7 Å². The Bertz CT molecular complexity index is 1430. The maximum atomic E-state index is 13.5. The molecule has 3 aromatic rings. The Hall–Kier alpha value is -3.96. The van der Waals surface area contributed by atoms with Gasteiger partial charge in [-0.2, -0.15) is 5.10 Å². The van der Waals surface area contributed by atoms with E-state index in [-0.39, 0.29) is 22.0 Å². The molecule has 0 heterocycles. The molecule has 3 rings (SSSR count). The van der Waals surface area contributed by atoms with Crippen LogP contribution in [0.5, 0.6) is 5.75 Å². The highest BCUT2D eigenvalue weighted by Gasteiger charge is 2.28. The van der Waals surface area contributed by atoms with E-state index < -0.39 is 27.4 Å². The van der Waals surface area contributed by atoms with E-state index in [2.05, 4.69) is 10.5 Å². The largest absolute Gasteiger partial charge is 0.490 e. The van der Waals surface area contributed by atoms with E-state index in [1.165, 1.54) is 55.8 Å². The van der Waals surface area contributed by atoms with Crippen LogP contribution in [-0.2, 0) is 14.8 Å². The Morgan fingerprint density at radius 2 is 1.83 bits per heavy atom. The van der Waals surface area contributed by atoms with E-state index in [1.54, 1.807) is 25.1 Å². The number of hydrogen-bond donors (Lipinski definition) is 1. The topological polar surface area (TPSA) is 131 Å². The molecule has 0 atom stereocenters. The van der Waals surface area contributed by atoms with Crippen LogP contribution < -0.4 is 14.5 Å². The van der Waals surface area contributed by atoms with Crippen LogP contribution in [0.25, 0.3) is 0 Å². The Kier molecular flexibility index (Phi) is 8.28. The molecule has 0 aliphatic rings. The van der Waals surface area contributed by atoms with Crippen molar-refractivity contribution in [3.05, 3.63) is 92.5 Å². The van der Waals surface area contributed by atoms with Gasteiger partial charge in [-0.25, -0.2) is 13.8 Å². The molecule has 0 aliphatic heterocycles. The van der Waals surface area contributed by atoms with Crippen molar-refractivity contribution in [2.45, 2.75) is 18.7 Å². The molecular weight excluding hydrogens is 508 g/mol. The maximum absolute atomic E-state index is 13.5. The van der Waals surface area contributed by atoms with Gasteiger partial charge in [0.1, 0.15) is 6.54 Å². The number of nitrogens with zero attached hydrogens (tertiary/aromatic N) is 3. The standard InChI is InChI=1S/C24H23ClN4O6S/c1-16-4-8-20(9-5-16)36(33,34)28(21-10-7-19(25)12-17(21)2)15-24(30)27-26-14-18-6-11-23(35-3)22(13-18)29(31)32/h4-14H,15H2,1-3H3,(H,27,30)/b26-14-. The van der Waals surface area contributed by atoms with E-state index in [9.17, 15) is 23.3 Å². The van der Waals surface area contributed by atoms with Crippen molar-refractivity contribution in [1.29, 1.82) is 0 Å². The van der Waals surface area contributed by atoms with Crippen molar-refractivity contribution in [2.24, 2.45) is 5.10 Å². The van der Waals surface area contributed by atoms with Gasteiger partial charge in [-0.3, -0.25) is 19.2 Å². The molecule has 0 fully saturated rings. The van der Waals surface area contributed by atoms with Gasteiger partial charge in [-0.05, 0) is 61.9 Å². The van der Waals surface area contributed by atoms with Gasteiger partial charge in [-0.15, -0.1) is 0 Å². The van der Waals surface area contributed by atoms with Crippen molar-refractivity contribution < 1.29 is 22.9 Å². The van der Waals surface area contributed by atoms with E-state index in [4.69, 9.17) is 16.3 Å². The second kappa shape index (κ2) is 11.2. The Labute approximate surface area is 213 Å². The Morgan fingerprint density at radius 3 is 2.44 bits per heavy atom. The molecule has 0 saturated heterocycles. The SMILES string of the molecule is COc1ccc(/C=N\NC(=O)CN(c2ccc(Cl)cc2C)S(=O)(=O)c2ccc(C)cc2)cc1[N+](=O)[O-]. The van der Waals surface area contributed by atoms with Gasteiger partial charge in [0.25, 0.3) is 15.9 Å². The van der Waals surface area contributed by atoms with Crippen LogP contribution in [-0.4, -0.2) is 39.1 Å². The average Bonchev–Trinajstić information content (AvgIpc) is 2.83. The highest BCUT2D eigenvalue weighted by Crippen LogP contribution is 2.29. The summed E-state index contributed by atoms with van der Waals surface area (Å²) in [5.41, 5.74) is 4.06. The smallest absolute Gasteiger partial charge is 0.311 e. The fourth-order valence-corrected chi connectivity index (χ4v) is 5.02. The number of anilines is 1. The summed E-state index contributed by atoms with van der Waals surface area (Å²) in [6, 6.07) is 15.1. The summed E-state index contributed by atoms with van der Waals surface area (Å²) in [5, 5.41) is 15.4. The predicted octanol–water partition coefficient (Wildman–Crippen LogP) is 4.22. The van der Waals surface area contributed by atoms with Gasteiger partial charge in [0.15, 0.2) is 5.75 Å². The van der Waals surface area contributed by atoms with Crippen molar-refractivity contribution in [3.8, 4) is 5.75 Å². The molecule has 36 heavy (non-hydrogen) atoms. The van der Waals surface area contributed by atoms with E-state index in [0.717, 1.165) is 9.87 Å². The van der Waals surface area contributed by atoms with Gasteiger partial charge >= 0.3 is 5.69 Å². The van der Waals surface area contributed by atoms with Crippen LogP contribution in [0, 0.1) is 24.0 Å². The van der Waals surface area contributed by atoms with Crippen LogP contribution in [0.3, 0.4) is 0 Å². The third-order valence-electron chi connectivity index (χ3n) is 5.13. The van der Waals surface area contributed by atoms with Crippen molar-refractivity contribution in [1.82, 2.24) is 5.43 Å². The molecule has 0 aromatic heterocycles. The molecule has 12 heteroatoms. The van der Waals surface area contributed by atoms with Crippen molar-refractivity contribution in [3.63, 3.8) is 0 Å². The number of sulfonamides is 1. The lowest BCUT2D eigenvalue weighted by atomic mass is 10.2. The number of benzene rings is 3. The molecule has 0 bridgehead atoms. The highest BCUT2D eigenvalue weighted by atomic mass is 35.5. The average molecular weight is 531 g/mol. The lowest BCUT2D eigenvalue weighted by Gasteiger charge is -2.25. The molecule has 1 amide bonds. The highest BCUT2D eigenvalue weighted by molar-refractivity contribution is 7.92. The minimum Gasteiger partial charge on any atom is -0.490 e. The van der Waals surface area contributed by atoms with Crippen LogP contribution in [0.4, 0.5) is 11.4 Å². The van der Waals surface area contributed by atoms with Crippen LogP contribution in [0.1, 0.15) is 16.7 Å². The molecule has 3 aromatic carbocycles. The van der Waals surface area contributed by atoms with Gasteiger partial charge in [0.05, 0.1) is 28.8 Å². The molecule has 10 nitrogen and oxygen atoms in total. The number of nitrogens with one attached hydrogen (secondary N) is 1. The molecule has 0 radical (unpaired) electrons. The monoisotopic (exact) mass is 530 g/mol. The number of halogens is 1. The van der Waals surface area contributed by atoms with E-state index in [0.29, 0.717) is 16.1 Å². The molecule has 0 spiro atoms. The fraction of sp³-hybridized carbons (Fsp3) is 0.167. The fourth-order valence-electron chi connectivity index (χ4n) is 3.31. The quantitative estimate of drug-likeness (QED) is 0.250. The summed E-state index contributed by atoms with van der Waals surface area (Å²) in [5.74, 6) is -0.643. The first-order chi connectivity index (χ1) is 17.0. The van der Waals surface area contributed by atoms with E-state index >= 15 is 0 Å². The third-order valence-corrected chi connectivity index (χ3v) is 7.14.